The summed E-state index contributed by atoms with van der Waals surface area (Å²) in [6.45, 7) is 1.28. The van der Waals surface area contributed by atoms with Crippen molar-refractivity contribution in [3.63, 3.8) is 0 Å². The molecule has 1 fully saturated rings. The van der Waals surface area contributed by atoms with E-state index in [0.29, 0.717) is 23.8 Å². The summed E-state index contributed by atoms with van der Waals surface area (Å²) in [6.07, 6.45) is 2.06. The third-order valence-corrected chi connectivity index (χ3v) is 6.23. The summed E-state index contributed by atoms with van der Waals surface area (Å²) in [6, 6.07) is 14.9. The lowest BCUT2D eigenvalue weighted by atomic mass is 10.0. The largest absolute Gasteiger partial charge is 0.497 e. The van der Waals surface area contributed by atoms with Gasteiger partial charge in [0, 0.05) is 50.4 Å². The van der Waals surface area contributed by atoms with Crippen LogP contribution in [0.1, 0.15) is 36.0 Å². The van der Waals surface area contributed by atoms with Crippen LogP contribution in [0.5, 0.6) is 10.9 Å². The van der Waals surface area contributed by atoms with Crippen molar-refractivity contribution < 1.29 is 19.1 Å². The molecule has 1 aliphatic rings. The van der Waals surface area contributed by atoms with Gasteiger partial charge in [0.15, 0.2) is 5.78 Å². The summed E-state index contributed by atoms with van der Waals surface area (Å²) in [5.74, 6) is 0.816. The van der Waals surface area contributed by atoms with Crippen molar-refractivity contribution in [2.75, 3.05) is 20.2 Å². The molecule has 3 aromatic rings. The molecular formula is C23H24N2O4S. The van der Waals surface area contributed by atoms with Gasteiger partial charge in [0.1, 0.15) is 11.9 Å². The zero-order valence-electron chi connectivity index (χ0n) is 16.9. The zero-order valence-corrected chi connectivity index (χ0v) is 17.7. The fraction of sp³-hybridized carbons (Fsp3) is 0.348. The highest BCUT2D eigenvalue weighted by molar-refractivity contribution is 7.20. The van der Waals surface area contributed by atoms with Crippen molar-refractivity contribution in [2.45, 2.75) is 31.8 Å². The van der Waals surface area contributed by atoms with Gasteiger partial charge in [0.05, 0.1) is 17.3 Å². The average molecular weight is 425 g/mol. The minimum Gasteiger partial charge on any atom is -0.497 e. The lowest BCUT2D eigenvalue weighted by Crippen LogP contribution is -2.41. The van der Waals surface area contributed by atoms with Gasteiger partial charge >= 0.3 is 0 Å². The summed E-state index contributed by atoms with van der Waals surface area (Å²) in [7, 11) is 1.64. The number of likely N-dealkylation sites (tertiary alicyclic amines) is 1. The number of Topliss-reactive ketones (excluding diaryl/α,β-unsaturated/α-hetero) is 1. The Labute approximate surface area is 179 Å². The molecule has 2 aromatic carbocycles. The molecule has 0 radical (unpaired) electrons. The number of ether oxygens (including phenoxy) is 2. The van der Waals surface area contributed by atoms with E-state index in [2.05, 4.69) is 4.98 Å². The Bertz CT molecular complexity index is 1030. The molecule has 0 spiro atoms. The fourth-order valence-corrected chi connectivity index (χ4v) is 4.44. The van der Waals surface area contributed by atoms with E-state index in [4.69, 9.17) is 9.47 Å². The predicted octanol–water partition coefficient (Wildman–Crippen LogP) is 4.34. The van der Waals surface area contributed by atoms with Gasteiger partial charge in [0.2, 0.25) is 5.91 Å². The van der Waals surface area contributed by atoms with Gasteiger partial charge in [-0.2, -0.15) is 0 Å². The molecule has 7 heteroatoms. The molecule has 156 valence electrons. The highest BCUT2D eigenvalue weighted by Crippen LogP contribution is 2.32. The molecule has 0 N–H and O–H groups in total. The number of hydrogen-bond donors (Lipinski definition) is 0. The van der Waals surface area contributed by atoms with Crippen molar-refractivity contribution in [1.82, 2.24) is 9.88 Å². The van der Waals surface area contributed by atoms with E-state index >= 15 is 0 Å². The number of piperidine rings is 1. The Morgan fingerprint density at radius 2 is 1.87 bits per heavy atom. The first-order valence-electron chi connectivity index (χ1n) is 10.1. The number of hydrogen-bond acceptors (Lipinski definition) is 6. The maximum atomic E-state index is 12.5. The number of amides is 1. The van der Waals surface area contributed by atoms with Crippen LogP contribution in [0.4, 0.5) is 0 Å². The highest BCUT2D eigenvalue weighted by atomic mass is 32.1. The van der Waals surface area contributed by atoms with E-state index in [0.717, 1.165) is 28.8 Å². The Balaban J connectivity index is 1.25. The van der Waals surface area contributed by atoms with Crippen LogP contribution in [0.3, 0.4) is 0 Å². The molecule has 0 bridgehead atoms. The fourth-order valence-electron chi connectivity index (χ4n) is 3.58. The van der Waals surface area contributed by atoms with Gasteiger partial charge in [-0.3, -0.25) is 9.59 Å². The molecule has 0 saturated carbocycles. The Kier molecular flexibility index (Phi) is 6.28. The van der Waals surface area contributed by atoms with Gasteiger partial charge in [-0.1, -0.05) is 41.7 Å². The first-order chi connectivity index (χ1) is 14.6. The number of fused-ring (bicyclic) bond motifs is 1. The van der Waals surface area contributed by atoms with Gasteiger partial charge in [-0.15, -0.1) is 0 Å². The molecule has 0 unspecified atom stereocenters. The summed E-state index contributed by atoms with van der Waals surface area (Å²) < 4.78 is 12.4. The molecule has 0 aliphatic carbocycles. The lowest BCUT2D eigenvalue weighted by Gasteiger charge is -2.31. The van der Waals surface area contributed by atoms with E-state index < -0.39 is 0 Å². The van der Waals surface area contributed by atoms with Crippen molar-refractivity contribution >= 4 is 33.2 Å². The number of nitrogens with zero attached hydrogens (tertiary/aromatic N) is 2. The topological polar surface area (TPSA) is 68.7 Å². The molecule has 0 atom stereocenters. The maximum Gasteiger partial charge on any atom is 0.274 e. The van der Waals surface area contributed by atoms with Crippen LogP contribution in [0.25, 0.3) is 10.2 Å². The second-order valence-corrected chi connectivity index (χ2v) is 8.29. The molecular weight excluding hydrogens is 400 g/mol. The van der Waals surface area contributed by atoms with Crippen LogP contribution in [0, 0.1) is 0 Å². The summed E-state index contributed by atoms with van der Waals surface area (Å²) in [5, 5.41) is 0.650. The van der Waals surface area contributed by atoms with E-state index in [-0.39, 0.29) is 30.6 Å². The van der Waals surface area contributed by atoms with E-state index in [9.17, 15) is 9.59 Å². The third-order valence-electron chi connectivity index (χ3n) is 5.30. The average Bonchev–Trinajstić information content (AvgIpc) is 3.19. The van der Waals surface area contributed by atoms with E-state index in [1.807, 2.05) is 41.3 Å². The predicted molar refractivity (Wildman–Crippen MR) is 116 cm³/mol. The maximum absolute atomic E-state index is 12.5. The Hall–Kier alpha value is -2.93. The number of ketones is 1. The highest BCUT2D eigenvalue weighted by Gasteiger charge is 2.25. The lowest BCUT2D eigenvalue weighted by molar-refractivity contribution is -0.132. The molecule has 2 heterocycles. The normalized spacial score (nSPS) is 14.6. The van der Waals surface area contributed by atoms with Crippen LogP contribution in [0.2, 0.25) is 0 Å². The smallest absolute Gasteiger partial charge is 0.274 e. The minimum absolute atomic E-state index is 0.00892. The first-order valence-corrected chi connectivity index (χ1v) is 10.9. The second-order valence-electron chi connectivity index (χ2n) is 7.30. The van der Waals surface area contributed by atoms with Crippen molar-refractivity contribution in [3.05, 3.63) is 54.1 Å². The van der Waals surface area contributed by atoms with Gasteiger partial charge < -0.3 is 14.4 Å². The van der Waals surface area contributed by atoms with E-state index in [1.54, 1.807) is 19.2 Å². The second kappa shape index (κ2) is 9.26. The quantitative estimate of drug-likeness (QED) is 0.528. The standard InChI is InChI=1S/C23H24N2O4S/c1-28-18-7-9-21-19(15-18)24-23(30-21)29-17-11-13-25(14-12-17)22(27)10-8-20(26)16-5-3-2-4-6-16/h2-7,9,15,17H,8,10-14H2,1H3. The molecule has 30 heavy (non-hydrogen) atoms. The van der Waals surface area contributed by atoms with Gasteiger partial charge in [-0.05, 0) is 12.1 Å². The first kappa shape index (κ1) is 20.3. The van der Waals surface area contributed by atoms with Crippen LogP contribution < -0.4 is 9.47 Å². The summed E-state index contributed by atoms with van der Waals surface area (Å²) in [4.78, 5) is 31.1. The monoisotopic (exact) mass is 424 g/mol. The molecule has 1 amide bonds. The zero-order chi connectivity index (χ0) is 20.9. The SMILES string of the molecule is COc1ccc2sc(OC3CCN(C(=O)CCC(=O)c4ccccc4)CC3)nc2c1. The molecule has 1 aromatic heterocycles. The van der Waals surface area contributed by atoms with Gasteiger partial charge in [0.25, 0.3) is 5.19 Å². The number of benzene rings is 2. The van der Waals surface area contributed by atoms with Crippen LogP contribution >= 0.6 is 11.3 Å². The van der Waals surface area contributed by atoms with Crippen molar-refractivity contribution in [1.29, 1.82) is 0 Å². The van der Waals surface area contributed by atoms with E-state index in [1.165, 1.54) is 11.3 Å². The Morgan fingerprint density at radius 1 is 1.10 bits per heavy atom. The van der Waals surface area contributed by atoms with Crippen LogP contribution in [-0.4, -0.2) is 47.9 Å². The summed E-state index contributed by atoms with van der Waals surface area (Å²) >= 11 is 1.52. The van der Waals surface area contributed by atoms with Crippen LogP contribution in [-0.2, 0) is 4.79 Å². The number of rotatable bonds is 7. The minimum atomic E-state index is 0.00892. The molecule has 1 saturated heterocycles. The Morgan fingerprint density at radius 3 is 2.60 bits per heavy atom. The number of carbonyl (C=O) groups excluding carboxylic acids is 2. The van der Waals surface area contributed by atoms with Gasteiger partial charge in [-0.25, -0.2) is 4.98 Å². The number of aromatic nitrogens is 1. The third kappa shape index (κ3) is 4.79. The molecule has 6 nitrogen and oxygen atoms in total. The van der Waals surface area contributed by atoms with Crippen molar-refractivity contribution in [2.24, 2.45) is 0 Å². The molecule has 1 aliphatic heterocycles. The number of methoxy groups -OCH3 is 1. The summed E-state index contributed by atoms with van der Waals surface area (Å²) in [5.41, 5.74) is 1.52. The number of thiazole rings is 1. The molecule has 4 rings (SSSR count). The van der Waals surface area contributed by atoms with Crippen molar-refractivity contribution in [3.8, 4) is 10.9 Å². The number of carbonyl (C=O) groups is 2. The van der Waals surface area contributed by atoms with Crippen LogP contribution in [0.15, 0.2) is 48.5 Å².